The Morgan fingerprint density at radius 2 is 2.09 bits per heavy atom. The fourth-order valence-corrected chi connectivity index (χ4v) is 1.38. The Labute approximate surface area is 66.4 Å². The van der Waals surface area contributed by atoms with Crippen LogP contribution in [0.1, 0.15) is 19.3 Å². The third-order valence-corrected chi connectivity index (χ3v) is 2.29. The van der Waals surface area contributed by atoms with E-state index in [0.29, 0.717) is 6.42 Å². The van der Waals surface area contributed by atoms with Crippen molar-refractivity contribution in [3.63, 3.8) is 0 Å². The van der Waals surface area contributed by atoms with Crippen LogP contribution in [0.4, 0.5) is 4.39 Å². The SMILES string of the molecule is CN(C)C(=O)C1(CCF)CC1. The van der Waals surface area contributed by atoms with E-state index in [0.717, 1.165) is 12.8 Å². The molecule has 1 fully saturated rings. The summed E-state index contributed by atoms with van der Waals surface area (Å²) in [6, 6.07) is 0. The van der Waals surface area contributed by atoms with Crippen LogP contribution in [0.3, 0.4) is 0 Å². The van der Waals surface area contributed by atoms with Crippen molar-refractivity contribution in [3.8, 4) is 0 Å². The molecule has 1 aliphatic carbocycles. The van der Waals surface area contributed by atoms with Gasteiger partial charge < -0.3 is 4.90 Å². The van der Waals surface area contributed by atoms with Crippen LogP contribution >= 0.6 is 0 Å². The van der Waals surface area contributed by atoms with Crippen LogP contribution in [-0.2, 0) is 4.79 Å². The van der Waals surface area contributed by atoms with Crippen molar-refractivity contribution < 1.29 is 9.18 Å². The first-order chi connectivity index (χ1) is 5.12. The van der Waals surface area contributed by atoms with Crippen LogP contribution < -0.4 is 0 Å². The maximum atomic E-state index is 12.0. The Morgan fingerprint density at radius 3 is 2.36 bits per heavy atom. The molecule has 0 saturated heterocycles. The average molecular weight is 159 g/mol. The van der Waals surface area contributed by atoms with E-state index < -0.39 is 0 Å². The zero-order valence-electron chi connectivity index (χ0n) is 7.06. The van der Waals surface area contributed by atoms with Crippen LogP contribution in [0.15, 0.2) is 0 Å². The highest BCUT2D eigenvalue weighted by Gasteiger charge is 2.49. The number of carbonyl (C=O) groups excluding carboxylic acids is 1. The summed E-state index contributed by atoms with van der Waals surface area (Å²) in [5.74, 6) is 0.0927. The molecule has 1 saturated carbocycles. The van der Waals surface area contributed by atoms with Gasteiger partial charge in [0.1, 0.15) is 0 Å². The summed E-state index contributed by atoms with van der Waals surface area (Å²) in [4.78, 5) is 12.9. The molecule has 0 radical (unpaired) electrons. The fraction of sp³-hybridized carbons (Fsp3) is 0.875. The molecular formula is C8H14FNO. The summed E-state index contributed by atoms with van der Waals surface area (Å²) in [7, 11) is 3.45. The smallest absolute Gasteiger partial charge is 0.228 e. The minimum absolute atomic E-state index is 0.0927. The van der Waals surface area contributed by atoms with E-state index in [1.165, 1.54) is 0 Å². The molecule has 0 aliphatic heterocycles. The van der Waals surface area contributed by atoms with Crippen molar-refractivity contribution >= 4 is 5.91 Å². The van der Waals surface area contributed by atoms with Gasteiger partial charge in [0, 0.05) is 14.1 Å². The van der Waals surface area contributed by atoms with E-state index in [4.69, 9.17) is 0 Å². The minimum atomic E-state index is -0.375. The van der Waals surface area contributed by atoms with Gasteiger partial charge in [-0.3, -0.25) is 9.18 Å². The summed E-state index contributed by atoms with van der Waals surface area (Å²) in [5, 5.41) is 0. The number of hydrogen-bond donors (Lipinski definition) is 0. The van der Waals surface area contributed by atoms with Gasteiger partial charge in [0.2, 0.25) is 5.91 Å². The lowest BCUT2D eigenvalue weighted by molar-refractivity contribution is -0.134. The lowest BCUT2D eigenvalue weighted by Gasteiger charge is -2.17. The van der Waals surface area contributed by atoms with Gasteiger partial charge in [0.15, 0.2) is 0 Å². The highest BCUT2D eigenvalue weighted by Crippen LogP contribution is 2.49. The Hall–Kier alpha value is -0.600. The minimum Gasteiger partial charge on any atom is -0.348 e. The quantitative estimate of drug-likeness (QED) is 0.606. The van der Waals surface area contributed by atoms with Crippen molar-refractivity contribution in [3.05, 3.63) is 0 Å². The molecule has 0 spiro atoms. The molecule has 0 aromatic rings. The molecule has 0 heterocycles. The van der Waals surface area contributed by atoms with Gasteiger partial charge in [-0.15, -0.1) is 0 Å². The van der Waals surface area contributed by atoms with Crippen molar-refractivity contribution in [1.29, 1.82) is 0 Å². The molecule has 0 aromatic carbocycles. The van der Waals surface area contributed by atoms with Gasteiger partial charge in [0.25, 0.3) is 0 Å². The average Bonchev–Trinajstić information content (AvgIpc) is 2.69. The Kier molecular flexibility index (Phi) is 2.16. The molecule has 0 bridgehead atoms. The maximum absolute atomic E-state index is 12.0. The molecule has 3 heteroatoms. The maximum Gasteiger partial charge on any atom is 0.228 e. The normalized spacial score (nSPS) is 19.5. The van der Waals surface area contributed by atoms with Crippen LogP contribution in [0.2, 0.25) is 0 Å². The van der Waals surface area contributed by atoms with E-state index in [9.17, 15) is 9.18 Å². The lowest BCUT2D eigenvalue weighted by atomic mass is 10.0. The van der Waals surface area contributed by atoms with Crippen molar-refractivity contribution in [2.45, 2.75) is 19.3 Å². The second-order valence-corrected chi connectivity index (χ2v) is 3.42. The van der Waals surface area contributed by atoms with Gasteiger partial charge in [0.05, 0.1) is 12.1 Å². The summed E-state index contributed by atoms with van der Waals surface area (Å²) < 4.78 is 12.0. The Morgan fingerprint density at radius 1 is 1.55 bits per heavy atom. The standard InChI is InChI=1S/C8H14FNO/c1-10(2)7(11)8(3-4-8)5-6-9/h3-6H2,1-2H3. The first-order valence-electron chi connectivity index (χ1n) is 3.90. The van der Waals surface area contributed by atoms with Gasteiger partial charge in [-0.2, -0.15) is 0 Å². The summed E-state index contributed by atoms with van der Waals surface area (Å²) in [5.41, 5.74) is -0.307. The van der Waals surface area contributed by atoms with Crippen molar-refractivity contribution in [1.82, 2.24) is 4.90 Å². The summed E-state index contributed by atoms with van der Waals surface area (Å²) in [6.07, 6.45) is 2.14. The molecule has 0 unspecified atom stereocenters. The molecule has 0 N–H and O–H groups in total. The fourth-order valence-electron chi connectivity index (χ4n) is 1.38. The zero-order chi connectivity index (χ0) is 8.48. The van der Waals surface area contributed by atoms with Gasteiger partial charge in [-0.25, -0.2) is 0 Å². The number of halogens is 1. The molecule has 0 atom stereocenters. The van der Waals surface area contributed by atoms with Crippen molar-refractivity contribution in [2.75, 3.05) is 20.8 Å². The highest BCUT2D eigenvalue weighted by atomic mass is 19.1. The van der Waals surface area contributed by atoms with Crippen LogP contribution in [0, 0.1) is 5.41 Å². The number of alkyl halides is 1. The van der Waals surface area contributed by atoms with E-state index in [2.05, 4.69) is 0 Å². The summed E-state index contributed by atoms with van der Waals surface area (Å²) in [6.45, 7) is -0.375. The Balaban J connectivity index is 2.51. The molecule has 1 aliphatic rings. The monoisotopic (exact) mass is 159 g/mol. The first-order valence-corrected chi connectivity index (χ1v) is 3.90. The van der Waals surface area contributed by atoms with Crippen molar-refractivity contribution in [2.24, 2.45) is 5.41 Å². The first kappa shape index (κ1) is 8.50. The molecule has 1 amide bonds. The van der Waals surface area contributed by atoms with E-state index in [-0.39, 0.29) is 18.0 Å². The summed E-state index contributed by atoms with van der Waals surface area (Å²) >= 11 is 0. The molecule has 2 nitrogen and oxygen atoms in total. The molecule has 1 rings (SSSR count). The molecule has 64 valence electrons. The predicted molar refractivity (Wildman–Crippen MR) is 41.0 cm³/mol. The number of rotatable bonds is 3. The van der Waals surface area contributed by atoms with Gasteiger partial charge in [-0.05, 0) is 19.3 Å². The third kappa shape index (κ3) is 1.52. The van der Waals surface area contributed by atoms with Crippen LogP contribution in [0.25, 0.3) is 0 Å². The predicted octanol–water partition coefficient (Wildman–Crippen LogP) is 1.21. The number of hydrogen-bond acceptors (Lipinski definition) is 1. The zero-order valence-corrected chi connectivity index (χ0v) is 7.06. The largest absolute Gasteiger partial charge is 0.348 e. The highest BCUT2D eigenvalue weighted by molar-refractivity contribution is 5.84. The van der Waals surface area contributed by atoms with E-state index in [1.54, 1.807) is 19.0 Å². The molecular weight excluding hydrogens is 145 g/mol. The van der Waals surface area contributed by atoms with E-state index >= 15 is 0 Å². The second kappa shape index (κ2) is 2.80. The van der Waals surface area contributed by atoms with Gasteiger partial charge in [-0.1, -0.05) is 0 Å². The topological polar surface area (TPSA) is 20.3 Å². The van der Waals surface area contributed by atoms with Crippen LogP contribution in [0.5, 0.6) is 0 Å². The second-order valence-electron chi connectivity index (χ2n) is 3.42. The number of nitrogens with zero attached hydrogens (tertiary/aromatic N) is 1. The van der Waals surface area contributed by atoms with Gasteiger partial charge >= 0.3 is 0 Å². The van der Waals surface area contributed by atoms with E-state index in [1.807, 2.05) is 0 Å². The number of carbonyl (C=O) groups is 1. The number of amides is 1. The molecule has 0 aromatic heterocycles. The Bertz CT molecular complexity index is 163. The lowest BCUT2D eigenvalue weighted by Crippen LogP contribution is -2.31. The van der Waals surface area contributed by atoms with Crippen LogP contribution in [-0.4, -0.2) is 31.6 Å². The molecule has 11 heavy (non-hydrogen) atoms. The third-order valence-electron chi connectivity index (χ3n) is 2.29.